The molecular weight excluding hydrogens is 358 g/mol. The minimum absolute atomic E-state index is 0.0205. The number of benzene rings is 1. The summed E-state index contributed by atoms with van der Waals surface area (Å²) in [5, 5.41) is 29.6. The number of carbonyl (C=O) groups is 1. The number of anilines is 1. The van der Waals surface area contributed by atoms with Gasteiger partial charge in [0.1, 0.15) is 11.5 Å². The third-order valence-electron chi connectivity index (χ3n) is 3.29. The number of aromatic nitrogens is 2. The summed E-state index contributed by atoms with van der Waals surface area (Å²) >= 11 is 0. The first-order valence-corrected chi connectivity index (χ1v) is 8.02. The molecule has 0 bridgehead atoms. The van der Waals surface area contributed by atoms with Crippen LogP contribution in [0.4, 0.5) is 17.2 Å². The van der Waals surface area contributed by atoms with Crippen LogP contribution >= 0.6 is 0 Å². The Balaban J connectivity index is 2.67. The molecule has 0 aliphatic heterocycles. The maximum atomic E-state index is 12.0. The van der Waals surface area contributed by atoms with Gasteiger partial charge in [0.2, 0.25) is 0 Å². The van der Waals surface area contributed by atoms with Gasteiger partial charge in [0.25, 0.3) is 5.69 Å². The molecule has 0 fully saturated rings. The van der Waals surface area contributed by atoms with Crippen LogP contribution in [-0.4, -0.2) is 37.7 Å². The minimum atomic E-state index is -0.741. The first-order chi connectivity index (χ1) is 12.5. The molecule has 1 aromatic heterocycles. The standard InChI is InChI=1S/C16H19N5O6/c1-5-27-15(22)11-9-14(17-16(2,3)4)19(18-11)12-7-6-10(20(23)24)8-13(12)21(25)26/h6-9,17H,5H2,1-4H3. The number of hydrogen-bond donors (Lipinski definition) is 1. The maximum Gasteiger partial charge on any atom is 0.358 e. The molecule has 2 aromatic rings. The van der Waals surface area contributed by atoms with E-state index in [4.69, 9.17) is 4.74 Å². The van der Waals surface area contributed by atoms with Gasteiger partial charge in [0, 0.05) is 17.7 Å². The molecule has 0 aliphatic rings. The summed E-state index contributed by atoms with van der Waals surface area (Å²) in [5.74, 6) is -0.375. The monoisotopic (exact) mass is 377 g/mol. The maximum absolute atomic E-state index is 12.0. The SMILES string of the molecule is CCOC(=O)c1cc(NC(C)(C)C)n(-c2ccc([N+](=O)[O-])cc2[N+](=O)[O-])n1. The number of nitrogens with zero attached hydrogens (tertiary/aromatic N) is 4. The summed E-state index contributed by atoms with van der Waals surface area (Å²) in [7, 11) is 0. The van der Waals surface area contributed by atoms with E-state index >= 15 is 0 Å². The number of nitrogens with one attached hydrogen (secondary N) is 1. The fourth-order valence-corrected chi connectivity index (χ4v) is 2.29. The second kappa shape index (κ2) is 7.40. The van der Waals surface area contributed by atoms with Crippen molar-refractivity contribution in [2.45, 2.75) is 33.2 Å². The quantitative estimate of drug-likeness (QED) is 0.459. The molecule has 11 nitrogen and oxygen atoms in total. The third-order valence-corrected chi connectivity index (χ3v) is 3.29. The summed E-state index contributed by atoms with van der Waals surface area (Å²) in [6.07, 6.45) is 0. The van der Waals surface area contributed by atoms with Crippen LogP contribution in [0.25, 0.3) is 5.69 Å². The van der Waals surface area contributed by atoms with Crippen LogP contribution in [0.15, 0.2) is 24.3 Å². The summed E-state index contributed by atoms with van der Waals surface area (Å²) < 4.78 is 6.09. The Kier molecular flexibility index (Phi) is 5.43. The van der Waals surface area contributed by atoms with E-state index in [-0.39, 0.29) is 18.0 Å². The molecule has 1 heterocycles. The van der Waals surface area contributed by atoms with Crippen molar-refractivity contribution in [1.29, 1.82) is 0 Å². The van der Waals surface area contributed by atoms with Gasteiger partial charge in [-0.3, -0.25) is 20.2 Å². The highest BCUT2D eigenvalue weighted by molar-refractivity contribution is 5.88. The van der Waals surface area contributed by atoms with Gasteiger partial charge in [-0.1, -0.05) is 0 Å². The number of ether oxygens (including phenoxy) is 1. The zero-order valence-corrected chi connectivity index (χ0v) is 15.3. The van der Waals surface area contributed by atoms with Gasteiger partial charge in [-0.05, 0) is 33.8 Å². The average Bonchev–Trinajstić information content (AvgIpc) is 2.96. The largest absolute Gasteiger partial charge is 0.461 e. The molecule has 0 unspecified atom stereocenters. The van der Waals surface area contributed by atoms with Gasteiger partial charge >= 0.3 is 11.7 Å². The molecule has 0 amide bonds. The summed E-state index contributed by atoms with van der Waals surface area (Å²) in [6.45, 7) is 7.37. The normalized spacial score (nSPS) is 11.1. The molecule has 11 heteroatoms. The van der Waals surface area contributed by atoms with Crippen LogP contribution in [-0.2, 0) is 4.74 Å². The highest BCUT2D eigenvalue weighted by Gasteiger charge is 2.26. The van der Waals surface area contributed by atoms with Crippen LogP contribution in [0.5, 0.6) is 0 Å². The van der Waals surface area contributed by atoms with Gasteiger partial charge < -0.3 is 10.1 Å². The van der Waals surface area contributed by atoms with Crippen molar-refractivity contribution in [3.8, 4) is 5.69 Å². The van der Waals surface area contributed by atoms with E-state index in [2.05, 4.69) is 10.4 Å². The lowest BCUT2D eigenvalue weighted by Gasteiger charge is -2.22. The van der Waals surface area contributed by atoms with Crippen molar-refractivity contribution in [2.24, 2.45) is 0 Å². The van der Waals surface area contributed by atoms with E-state index in [1.165, 1.54) is 16.8 Å². The van der Waals surface area contributed by atoms with Crippen molar-refractivity contribution < 1.29 is 19.4 Å². The highest BCUT2D eigenvalue weighted by atomic mass is 16.6. The van der Waals surface area contributed by atoms with Crippen molar-refractivity contribution in [1.82, 2.24) is 9.78 Å². The highest BCUT2D eigenvalue weighted by Crippen LogP contribution is 2.31. The van der Waals surface area contributed by atoms with E-state index in [9.17, 15) is 25.0 Å². The van der Waals surface area contributed by atoms with Crippen molar-refractivity contribution >= 4 is 23.2 Å². The molecule has 1 N–H and O–H groups in total. The van der Waals surface area contributed by atoms with Gasteiger partial charge in [-0.15, -0.1) is 0 Å². The Morgan fingerprint density at radius 2 is 1.89 bits per heavy atom. The number of hydrogen-bond acceptors (Lipinski definition) is 8. The molecule has 0 atom stereocenters. The summed E-state index contributed by atoms with van der Waals surface area (Å²) in [6, 6.07) is 4.61. The molecule has 144 valence electrons. The molecular formula is C16H19N5O6. The molecule has 0 saturated heterocycles. The van der Waals surface area contributed by atoms with Crippen LogP contribution in [0.2, 0.25) is 0 Å². The smallest absolute Gasteiger partial charge is 0.358 e. The fourth-order valence-electron chi connectivity index (χ4n) is 2.29. The lowest BCUT2D eigenvalue weighted by molar-refractivity contribution is -0.394. The number of nitro groups is 2. The molecule has 0 spiro atoms. The second-order valence-electron chi connectivity index (χ2n) is 6.61. The topological polar surface area (TPSA) is 142 Å². The lowest BCUT2D eigenvalue weighted by atomic mass is 10.1. The zero-order valence-electron chi connectivity index (χ0n) is 15.3. The Morgan fingerprint density at radius 3 is 2.41 bits per heavy atom. The Morgan fingerprint density at radius 1 is 1.22 bits per heavy atom. The minimum Gasteiger partial charge on any atom is -0.461 e. The lowest BCUT2D eigenvalue weighted by Crippen LogP contribution is -2.27. The van der Waals surface area contributed by atoms with Gasteiger partial charge in [-0.25, -0.2) is 9.48 Å². The number of esters is 1. The molecule has 2 rings (SSSR count). The van der Waals surface area contributed by atoms with Gasteiger partial charge in [0.15, 0.2) is 5.69 Å². The molecule has 27 heavy (non-hydrogen) atoms. The number of rotatable bonds is 6. The summed E-state index contributed by atoms with van der Waals surface area (Å²) in [4.78, 5) is 32.9. The Bertz CT molecular complexity index is 899. The average molecular weight is 377 g/mol. The predicted octanol–water partition coefficient (Wildman–Crippen LogP) is 3.08. The fraction of sp³-hybridized carbons (Fsp3) is 0.375. The molecule has 0 radical (unpaired) electrons. The van der Waals surface area contributed by atoms with Crippen LogP contribution < -0.4 is 5.32 Å². The first-order valence-electron chi connectivity index (χ1n) is 8.02. The van der Waals surface area contributed by atoms with E-state index in [1.54, 1.807) is 6.92 Å². The van der Waals surface area contributed by atoms with Crippen molar-refractivity contribution in [3.05, 3.63) is 50.2 Å². The van der Waals surface area contributed by atoms with Gasteiger partial charge in [0.05, 0.1) is 22.5 Å². The van der Waals surface area contributed by atoms with Crippen molar-refractivity contribution in [3.63, 3.8) is 0 Å². The molecule has 0 saturated carbocycles. The zero-order chi connectivity index (χ0) is 20.4. The second-order valence-corrected chi connectivity index (χ2v) is 6.61. The van der Waals surface area contributed by atoms with E-state index in [0.717, 1.165) is 12.1 Å². The third kappa shape index (κ3) is 4.57. The number of carbonyl (C=O) groups excluding carboxylic acids is 1. The predicted molar refractivity (Wildman–Crippen MR) is 96.2 cm³/mol. The van der Waals surface area contributed by atoms with E-state index in [0.29, 0.717) is 5.82 Å². The van der Waals surface area contributed by atoms with E-state index in [1.807, 2.05) is 20.8 Å². The van der Waals surface area contributed by atoms with Crippen molar-refractivity contribution in [2.75, 3.05) is 11.9 Å². The van der Waals surface area contributed by atoms with Crippen LogP contribution in [0, 0.1) is 20.2 Å². The first kappa shape index (κ1) is 19.8. The van der Waals surface area contributed by atoms with Gasteiger partial charge in [-0.2, -0.15) is 5.10 Å². The summed E-state index contributed by atoms with van der Waals surface area (Å²) in [5.41, 5.74) is -1.45. The Hall–Kier alpha value is -3.50. The van der Waals surface area contributed by atoms with Crippen LogP contribution in [0.1, 0.15) is 38.2 Å². The Labute approximate surface area is 154 Å². The number of non-ortho nitro benzene ring substituents is 1. The van der Waals surface area contributed by atoms with E-state index < -0.39 is 32.7 Å². The number of nitro benzene ring substituents is 2. The molecule has 1 aromatic carbocycles. The molecule has 0 aliphatic carbocycles. The van der Waals surface area contributed by atoms with Crippen LogP contribution in [0.3, 0.4) is 0 Å².